The van der Waals surface area contributed by atoms with Crippen molar-refractivity contribution in [1.82, 2.24) is 9.78 Å². The molecule has 0 radical (unpaired) electrons. The Kier molecular flexibility index (Phi) is 2.38. The van der Waals surface area contributed by atoms with E-state index in [0.717, 1.165) is 4.68 Å². The van der Waals surface area contributed by atoms with Gasteiger partial charge >= 0.3 is 5.92 Å². The van der Waals surface area contributed by atoms with Gasteiger partial charge in [0.05, 0.1) is 11.9 Å². The topological polar surface area (TPSA) is 43.8 Å². The van der Waals surface area contributed by atoms with Gasteiger partial charge < -0.3 is 5.73 Å². The van der Waals surface area contributed by atoms with Crippen LogP contribution in [0.3, 0.4) is 0 Å². The van der Waals surface area contributed by atoms with Crippen molar-refractivity contribution in [1.29, 1.82) is 0 Å². The van der Waals surface area contributed by atoms with Crippen molar-refractivity contribution >= 4 is 5.69 Å². The molecule has 0 saturated carbocycles. The summed E-state index contributed by atoms with van der Waals surface area (Å²) in [6.07, 6.45) is 1.23. The third-order valence-corrected chi connectivity index (χ3v) is 2.40. The Balaban J connectivity index is 2.55. The van der Waals surface area contributed by atoms with Crippen LogP contribution in [-0.2, 0) is 13.0 Å². The molecule has 0 aliphatic rings. The molecule has 2 aromatic rings. The van der Waals surface area contributed by atoms with Crippen LogP contribution in [-0.4, -0.2) is 9.78 Å². The van der Waals surface area contributed by atoms with Crippen LogP contribution in [0.2, 0.25) is 0 Å². The number of rotatable bonds is 2. The summed E-state index contributed by atoms with van der Waals surface area (Å²) in [7, 11) is 1.45. The Morgan fingerprint density at radius 2 is 1.88 bits per heavy atom. The fourth-order valence-corrected chi connectivity index (χ4v) is 1.62. The number of alkyl halides is 2. The molecule has 0 bridgehead atoms. The second-order valence-corrected chi connectivity index (χ2v) is 3.51. The Hall–Kier alpha value is -1.91. The van der Waals surface area contributed by atoms with Gasteiger partial charge in [-0.2, -0.15) is 13.9 Å². The number of nitrogens with two attached hydrogens (primary N) is 1. The van der Waals surface area contributed by atoms with Gasteiger partial charge in [-0.15, -0.1) is 0 Å². The van der Waals surface area contributed by atoms with Crippen molar-refractivity contribution < 1.29 is 8.78 Å². The molecule has 3 nitrogen and oxygen atoms in total. The number of anilines is 1. The van der Waals surface area contributed by atoms with E-state index in [0.29, 0.717) is 0 Å². The number of benzene rings is 1. The number of aromatic nitrogens is 2. The third kappa shape index (κ3) is 1.54. The Labute approximate surface area is 91.5 Å². The second-order valence-electron chi connectivity index (χ2n) is 3.51. The Bertz CT molecular complexity index is 472. The van der Waals surface area contributed by atoms with Gasteiger partial charge in [-0.1, -0.05) is 30.3 Å². The fraction of sp³-hybridized carbons (Fsp3) is 0.182. The van der Waals surface area contributed by atoms with Gasteiger partial charge in [-0.05, 0) is 0 Å². The Morgan fingerprint density at radius 1 is 1.25 bits per heavy atom. The minimum atomic E-state index is -3.13. The van der Waals surface area contributed by atoms with Gasteiger partial charge in [0.15, 0.2) is 0 Å². The summed E-state index contributed by atoms with van der Waals surface area (Å²) in [5.74, 6) is -3.13. The molecule has 1 heterocycles. The molecule has 0 saturated heterocycles. The van der Waals surface area contributed by atoms with E-state index in [1.807, 2.05) is 0 Å². The summed E-state index contributed by atoms with van der Waals surface area (Å²) >= 11 is 0. The molecule has 0 atom stereocenters. The van der Waals surface area contributed by atoms with Crippen molar-refractivity contribution in [2.24, 2.45) is 7.05 Å². The third-order valence-electron chi connectivity index (χ3n) is 2.40. The predicted molar refractivity (Wildman–Crippen MR) is 57.1 cm³/mol. The summed E-state index contributed by atoms with van der Waals surface area (Å²) < 4.78 is 29.3. The molecule has 0 unspecified atom stereocenters. The molecule has 1 aromatic carbocycles. The maximum Gasteiger partial charge on any atom is 0.316 e. The average Bonchev–Trinajstić information content (AvgIpc) is 2.60. The summed E-state index contributed by atoms with van der Waals surface area (Å²) in [5, 5.41) is 3.72. The SMILES string of the molecule is Cn1ncc(N)c1C(F)(F)c1ccccc1. The van der Waals surface area contributed by atoms with E-state index < -0.39 is 5.92 Å². The van der Waals surface area contributed by atoms with Crippen molar-refractivity contribution in [3.05, 3.63) is 47.8 Å². The van der Waals surface area contributed by atoms with E-state index in [1.165, 1.54) is 25.4 Å². The van der Waals surface area contributed by atoms with Crippen molar-refractivity contribution in [2.75, 3.05) is 5.73 Å². The zero-order chi connectivity index (χ0) is 11.8. The highest BCUT2D eigenvalue weighted by Gasteiger charge is 2.38. The standard InChI is InChI=1S/C11H11F2N3/c1-16-10(9(14)7-15-16)11(12,13)8-5-3-2-4-6-8/h2-7H,14H2,1H3. The van der Waals surface area contributed by atoms with Gasteiger partial charge in [0.1, 0.15) is 5.69 Å². The first-order chi connectivity index (χ1) is 7.53. The van der Waals surface area contributed by atoms with E-state index in [1.54, 1.807) is 18.2 Å². The first kappa shape index (κ1) is 10.6. The smallest absolute Gasteiger partial charge is 0.316 e. The average molecular weight is 223 g/mol. The second kappa shape index (κ2) is 3.59. The number of hydrogen-bond acceptors (Lipinski definition) is 2. The van der Waals surface area contributed by atoms with Crippen LogP contribution in [0.5, 0.6) is 0 Å². The molecule has 84 valence electrons. The lowest BCUT2D eigenvalue weighted by Crippen LogP contribution is -2.20. The number of halogens is 2. The van der Waals surface area contributed by atoms with Crippen LogP contribution in [0.1, 0.15) is 11.3 Å². The van der Waals surface area contributed by atoms with Gasteiger partial charge in [0.25, 0.3) is 0 Å². The Morgan fingerprint density at radius 3 is 2.38 bits per heavy atom. The molecule has 0 spiro atoms. The molecule has 2 rings (SSSR count). The van der Waals surface area contributed by atoms with Gasteiger partial charge in [-0.25, -0.2) is 0 Å². The normalized spacial score (nSPS) is 11.7. The highest BCUT2D eigenvalue weighted by molar-refractivity contribution is 5.47. The molecule has 0 aliphatic heterocycles. The first-order valence-electron chi connectivity index (χ1n) is 4.75. The molecule has 5 heteroatoms. The number of nitrogen functional groups attached to an aromatic ring is 1. The molecule has 0 aliphatic carbocycles. The van der Waals surface area contributed by atoms with Crippen molar-refractivity contribution in [3.63, 3.8) is 0 Å². The quantitative estimate of drug-likeness (QED) is 0.847. The molecule has 2 N–H and O–H groups in total. The molecule has 16 heavy (non-hydrogen) atoms. The van der Waals surface area contributed by atoms with E-state index in [2.05, 4.69) is 5.10 Å². The van der Waals surface area contributed by atoms with Crippen molar-refractivity contribution in [2.45, 2.75) is 5.92 Å². The van der Waals surface area contributed by atoms with Crippen LogP contribution in [0, 0.1) is 0 Å². The minimum absolute atomic E-state index is 0.00338. The monoisotopic (exact) mass is 223 g/mol. The zero-order valence-electron chi connectivity index (χ0n) is 8.69. The van der Waals surface area contributed by atoms with E-state index in [-0.39, 0.29) is 16.9 Å². The van der Waals surface area contributed by atoms with Gasteiger partial charge in [0, 0.05) is 12.6 Å². The summed E-state index contributed by atoms with van der Waals surface area (Å²) in [6, 6.07) is 7.55. The summed E-state index contributed by atoms with van der Waals surface area (Å²) in [6.45, 7) is 0. The molecule has 1 aromatic heterocycles. The highest BCUT2D eigenvalue weighted by atomic mass is 19.3. The highest BCUT2D eigenvalue weighted by Crippen LogP contribution is 2.37. The molecule has 0 amide bonds. The summed E-state index contributed by atoms with van der Waals surface area (Å²) in [4.78, 5) is 0. The molecular weight excluding hydrogens is 212 g/mol. The fourth-order valence-electron chi connectivity index (χ4n) is 1.62. The maximum atomic E-state index is 14.1. The minimum Gasteiger partial charge on any atom is -0.396 e. The largest absolute Gasteiger partial charge is 0.396 e. The molecule has 0 fully saturated rings. The lowest BCUT2D eigenvalue weighted by Gasteiger charge is -2.17. The van der Waals surface area contributed by atoms with E-state index in [9.17, 15) is 8.78 Å². The van der Waals surface area contributed by atoms with Crippen LogP contribution < -0.4 is 5.73 Å². The van der Waals surface area contributed by atoms with E-state index >= 15 is 0 Å². The lowest BCUT2D eigenvalue weighted by molar-refractivity contribution is 0.0347. The summed E-state index contributed by atoms with van der Waals surface area (Å²) in [5.41, 5.74) is 5.13. The van der Waals surface area contributed by atoms with Gasteiger partial charge in [0.2, 0.25) is 0 Å². The number of nitrogens with zero attached hydrogens (tertiary/aromatic N) is 2. The zero-order valence-corrected chi connectivity index (χ0v) is 8.69. The molecular formula is C11H11F2N3. The first-order valence-corrected chi connectivity index (χ1v) is 4.75. The number of aryl methyl sites for hydroxylation is 1. The lowest BCUT2D eigenvalue weighted by atomic mass is 10.0. The van der Waals surface area contributed by atoms with Crippen LogP contribution in [0.25, 0.3) is 0 Å². The van der Waals surface area contributed by atoms with Crippen LogP contribution >= 0.6 is 0 Å². The van der Waals surface area contributed by atoms with E-state index in [4.69, 9.17) is 5.73 Å². The number of hydrogen-bond donors (Lipinski definition) is 1. The van der Waals surface area contributed by atoms with Crippen LogP contribution in [0.15, 0.2) is 36.5 Å². The van der Waals surface area contributed by atoms with Gasteiger partial charge in [-0.3, -0.25) is 4.68 Å². The maximum absolute atomic E-state index is 14.1. The van der Waals surface area contributed by atoms with Crippen LogP contribution in [0.4, 0.5) is 14.5 Å². The predicted octanol–water partition coefficient (Wildman–Crippen LogP) is 2.14. The van der Waals surface area contributed by atoms with Crippen molar-refractivity contribution in [3.8, 4) is 0 Å².